The molecule has 4 heterocycles. The van der Waals surface area contributed by atoms with Crippen LogP contribution in [0.2, 0.25) is 0 Å². The lowest BCUT2D eigenvalue weighted by Gasteiger charge is -2.61. The summed E-state index contributed by atoms with van der Waals surface area (Å²) in [6, 6.07) is -0.948. The molecule has 2 N–H and O–H groups in total. The first-order chi connectivity index (χ1) is 23.4. The molecule has 0 aromatic heterocycles. The Hall–Kier alpha value is -2.28. The minimum Gasteiger partial charge on any atom is -0.444 e. The predicted molar refractivity (Wildman–Crippen MR) is 184 cm³/mol. The van der Waals surface area contributed by atoms with Gasteiger partial charge in [-0.25, -0.2) is 9.18 Å². The number of amides is 2. The molecular weight excluding hydrogens is 627 g/mol. The number of likely N-dealkylation sites (tertiary alicyclic amines) is 1. The summed E-state index contributed by atoms with van der Waals surface area (Å²) in [6.45, 7) is 12.2. The molecule has 0 radical (unpaired) electrons. The maximum Gasteiger partial charge on any atom is 0.407 e. The van der Waals surface area contributed by atoms with Crippen LogP contribution >= 0.6 is 0 Å². The molecule has 9 unspecified atom stereocenters. The molecule has 0 bridgehead atoms. The molecule has 274 valence electrons. The largest absolute Gasteiger partial charge is 0.444 e. The number of nitrogens with zero attached hydrogens (tertiary/aromatic N) is 4. The first kappa shape index (κ1) is 35.1. The van der Waals surface area contributed by atoms with E-state index >= 15 is 4.39 Å². The summed E-state index contributed by atoms with van der Waals surface area (Å²) >= 11 is 0. The summed E-state index contributed by atoms with van der Waals surface area (Å²) in [7, 11) is 2.16. The first-order valence-electron chi connectivity index (χ1n) is 19.2. The second-order valence-electron chi connectivity index (χ2n) is 17.0. The number of piperazine rings is 1. The number of likely N-dealkylation sites (N-methyl/N-ethyl adjacent to an activating group) is 1. The number of hydrogen-bond donors (Lipinski definition) is 2. The summed E-state index contributed by atoms with van der Waals surface area (Å²) in [6.07, 6.45) is 8.11. The van der Waals surface area contributed by atoms with E-state index < -0.39 is 35.9 Å². The van der Waals surface area contributed by atoms with Gasteiger partial charge in [-0.1, -0.05) is 25.7 Å². The molecule has 3 aliphatic carbocycles. The van der Waals surface area contributed by atoms with Gasteiger partial charge in [-0.2, -0.15) is 0 Å². The van der Waals surface area contributed by atoms with E-state index in [9.17, 15) is 14.4 Å². The number of alkyl carbamates (subject to hydrolysis) is 1. The Morgan fingerprint density at radius 2 is 1.76 bits per heavy atom. The van der Waals surface area contributed by atoms with Crippen LogP contribution in [0.15, 0.2) is 11.8 Å². The van der Waals surface area contributed by atoms with Crippen molar-refractivity contribution in [1.82, 2.24) is 30.2 Å². The number of morpholine rings is 1. The fraction of sp³-hybridized carbons (Fsp3) is 0.865. The van der Waals surface area contributed by atoms with Gasteiger partial charge in [-0.3, -0.25) is 9.59 Å². The van der Waals surface area contributed by atoms with Gasteiger partial charge in [0, 0.05) is 51.4 Å². The number of hydrogen-bond acceptors (Lipinski definition) is 9. The molecule has 49 heavy (non-hydrogen) atoms. The highest BCUT2D eigenvalue weighted by molar-refractivity contribution is 6.20. The molecule has 7 aliphatic rings. The first-order valence-corrected chi connectivity index (χ1v) is 19.2. The van der Waals surface area contributed by atoms with E-state index in [2.05, 4.69) is 32.4 Å². The van der Waals surface area contributed by atoms with Crippen molar-refractivity contribution >= 4 is 17.8 Å². The van der Waals surface area contributed by atoms with E-state index in [-0.39, 0.29) is 47.9 Å². The predicted octanol–water partition coefficient (Wildman–Crippen LogP) is 2.94. The van der Waals surface area contributed by atoms with Gasteiger partial charge in [0.2, 0.25) is 0 Å². The normalized spacial score (nSPS) is 38.3. The standard InChI is InChI=1S/C37H59FN6O5/c1-37(2,3)49-36(47)40-25-10-13-43(21-25)35(46)27-22-44-29-18-23-8-5-6-9-24(23)19-30(29)48-34-31(28(38)20-26(32(34)44)33(27)45)39-11-7-12-42-16-14-41(4)15-17-42/h22-26,28-32,34,39H,5-21H2,1-4H3,(H,40,47)/t23?,24?,25-,26?,28?,29?,30?,31?,32?,34?/m1/s1. The average Bonchev–Trinajstić information content (AvgIpc) is 3.52. The van der Waals surface area contributed by atoms with Crippen molar-refractivity contribution in [3.63, 3.8) is 0 Å². The molecule has 0 aromatic carbocycles. The van der Waals surface area contributed by atoms with Gasteiger partial charge in [0.05, 0.1) is 41.9 Å². The van der Waals surface area contributed by atoms with Crippen molar-refractivity contribution in [1.29, 1.82) is 0 Å². The summed E-state index contributed by atoms with van der Waals surface area (Å²) in [5.74, 6) is 0.0400. The van der Waals surface area contributed by atoms with Gasteiger partial charge in [-0.15, -0.1) is 0 Å². The van der Waals surface area contributed by atoms with E-state index in [1.807, 2.05) is 27.0 Å². The summed E-state index contributed by atoms with van der Waals surface area (Å²) in [5, 5.41) is 6.45. The zero-order valence-electron chi connectivity index (χ0n) is 30.1. The van der Waals surface area contributed by atoms with Crippen LogP contribution in [0.1, 0.15) is 78.6 Å². The Balaban J connectivity index is 1.08. The number of ketones is 1. The number of fused-ring (bicyclic) bond motifs is 3. The third-order valence-corrected chi connectivity index (χ3v) is 12.5. The van der Waals surface area contributed by atoms with Gasteiger partial charge < -0.3 is 39.7 Å². The van der Waals surface area contributed by atoms with Crippen LogP contribution in [-0.4, -0.2) is 145 Å². The highest BCUT2D eigenvalue weighted by Gasteiger charge is 2.60. The van der Waals surface area contributed by atoms with Gasteiger partial charge in [0.25, 0.3) is 5.91 Å². The van der Waals surface area contributed by atoms with Crippen LogP contribution in [0.3, 0.4) is 0 Å². The van der Waals surface area contributed by atoms with Crippen molar-refractivity contribution in [3.8, 4) is 0 Å². The van der Waals surface area contributed by atoms with Crippen molar-refractivity contribution in [2.75, 3.05) is 59.4 Å². The third-order valence-electron chi connectivity index (χ3n) is 12.5. The van der Waals surface area contributed by atoms with Gasteiger partial charge >= 0.3 is 6.09 Å². The number of rotatable bonds is 7. The number of ether oxygens (including phenoxy) is 2. The maximum atomic E-state index is 16.3. The van der Waals surface area contributed by atoms with Gasteiger partial charge in [0.1, 0.15) is 11.8 Å². The average molecular weight is 687 g/mol. The van der Waals surface area contributed by atoms with E-state index in [1.54, 1.807) is 4.90 Å². The highest BCUT2D eigenvalue weighted by atomic mass is 19.1. The van der Waals surface area contributed by atoms with Gasteiger partial charge in [0.15, 0.2) is 5.78 Å². The fourth-order valence-corrected chi connectivity index (χ4v) is 10.0. The fourth-order valence-electron chi connectivity index (χ4n) is 10.0. The Morgan fingerprint density at radius 3 is 2.49 bits per heavy atom. The van der Waals surface area contributed by atoms with Crippen molar-refractivity contribution in [2.24, 2.45) is 17.8 Å². The van der Waals surface area contributed by atoms with Crippen LogP contribution in [-0.2, 0) is 19.1 Å². The molecule has 3 saturated heterocycles. The lowest BCUT2D eigenvalue weighted by atomic mass is 9.65. The topological polar surface area (TPSA) is 107 Å². The van der Waals surface area contributed by atoms with Crippen molar-refractivity contribution in [3.05, 3.63) is 11.8 Å². The molecule has 0 spiro atoms. The highest BCUT2D eigenvalue weighted by Crippen LogP contribution is 2.50. The number of carbonyl (C=O) groups excluding carboxylic acids is 3. The second kappa shape index (κ2) is 14.4. The summed E-state index contributed by atoms with van der Waals surface area (Å²) < 4.78 is 28.7. The Bertz CT molecular complexity index is 1270. The number of nitrogens with one attached hydrogen (secondary N) is 2. The lowest BCUT2D eigenvalue weighted by Crippen LogP contribution is -2.73. The van der Waals surface area contributed by atoms with Crippen LogP contribution in [0.5, 0.6) is 0 Å². The van der Waals surface area contributed by atoms with Gasteiger partial charge in [-0.05, 0) is 84.8 Å². The van der Waals surface area contributed by atoms with E-state index in [1.165, 1.54) is 25.7 Å². The SMILES string of the molecule is CN1CCN(CCCNC2C(F)CC3C(=O)C(C(=O)N4CC[C@@H](NC(=O)OC(C)(C)C)C4)=CN4C5CC6CCCCC6CC5OC2C34)CC1. The summed E-state index contributed by atoms with van der Waals surface area (Å²) in [4.78, 5) is 49.5. The molecule has 3 saturated carbocycles. The monoisotopic (exact) mass is 686 g/mol. The van der Waals surface area contributed by atoms with Crippen molar-refractivity contribution < 1.29 is 28.2 Å². The zero-order valence-corrected chi connectivity index (χ0v) is 30.1. The Labute approximate surface area is 291 Å². The number of Topliss-reactive ketones (excluding diaryl/α,β-unsaturated/α-hetero) is 1. The molecule has 11 nitrogen and oxygen atoms in total. The summed E-state index contributed by atoms with van der Waals surface area (Å²) in [5.41, 5.74) is -0.457. The second-order valence-corrected chi connectivity index (χ2v) is 17.0. The molecule has 7 rings (SSSR count). The van der Waals surface area contributed by atoms with E-state index in [4.69, 9.17) is 9.47 Å². The molecule has 12 heteroatoms. The molecule has 10 atom stereocenters. The quantitative estimate of drug-likeness (QED) is 0.309. The minimum absolute atomic E-state index is 0.0452. The number of alkyl halides is 1. The lowest BCUT2D eigenvalue weighted by molar-refractivity contribution is -0.208. The molecule has 2 amide bonds. The van der Waals surface area contributed by atoms with Crippen LogP contribution in [0, 0.1) is 17.8 Å². The van der Waals surface area contributed by atoms with Crippen molar-refractivity contribution in [2.45, 2.75) is 127 Å². The number of carbonyl (C=O) groups is 3. The maximum absolute atomic E-state index is 16.3. The van der Waals surface area contributed by atoms with Crippen LogP contribution in [0.4, 0.5) is 9.18 Å². The molecule has 6 fully saturated rings. The minimum atomic E-state index is -1.24. The zero-order chi connectivity index (χ0) is 34.4. The number of halogens is 1. The third kappa shape index (κ3) is 7.53. The van der Waals surface area contributed by atoms with E-state index in [0.717, 1.165) is 52.0 Å². The Morgan fingerprint density at radius 1 is 1.02 bits per heavy atom. The van der Waals surface area contributed by atoms with Crippen LogP contribution in [0.25, 0.3) is 0 Å². The molecule has 0 aromatic rings. The van der Waals surface area contributed by atoms with Crippen LogP contribution < -0.4 is 10.6 Å². The Kier molecular flexibility index (Phi) is 10.3. The molecule has 4 aliphatic heterocycles. The molecular formula is C37H59FN6O5. The smallest absolute Gasteiger partial charge is 0.407 e. The van der Waals surface area contributed by atoms with E-state index in [0.29, 0.717) is 37.9 Å².